The van der Waals surface area contributed by atoms with Gasteiger partial charge in [-0.1, -0.05) is 0 Å². The van der Waals surface area contributed by atoms with Gasteiger partial charge in [-0.05, 0) is 36.4 Å². The molecule has 1 aromatic heterocycles. The van der Waals surface area contributed by atoms with Crippen molar-refractivity contribution in [3.05, 3.63) is 59.7 Å². The predicted molar refractivity (Wildman–Crippen MR) is 61.9 cm³/mol. The molecule has 0 aliphatic rings. The zero-order chi connectivity index (χ0) is 13.0. The van der Waals surface area contributed by atoms with E-state index in [2.05, 4.69) is 4.98 Å². The molecule has 0 spiro atoms. The molecule has 0 unspecified atom stereocenters. The molecule has 92 valence electrons. The van der Waals surface area contributed by atoms with E-state index in [1.54, 1.807) is 6.07 Å². The van der Waals surface area contributed by atoms with Crippen molar-refractivity contribution in [2.45, 2.75) is 6.61 Å². The van der Waals surface area contributed by atoms with Gasteiger partial charge in [0.1, 0.15) is 18.2 Å². The Bertz CT molecular complexity index is 537. The quantitative estimate of drug-likeness (QED) is 0.901. The van der Waals surface area contributed by atoms with Crippen LogP contribution in [0.4, 0.5) is 4.39 Å². The number of benzene rings is 1. The second kappa shape index (κ2) is 5.27. The molecule has 1 N–H and O–H groups in total. The first-order valence-electron chi connectivity index (χ1n) is 5.22. The van der Waals surface area contributed by atoms with E-state index < -0.39 is 5.97 Å². The van der Waals surface area contributed by atoms with E-state index in [1.165, 1.54) is 36.5 Å². The highest BCUT2D eigenvalue weighted by Gasteiger charge is 2.03. The zero-order valence-corrected chi connectivity index (χ0v) is 9.34. The van der Waals surface area contributed by atoms with Crippen LogP contribution >= 0.6 is 0 Å². The molecule has 0 aliphatic carbocycles. The van der Waals surface area contributed by atoms with Gasteiger partial charge in [-0.3, -0.25) is 4.98 Å². The van der Waals surface area contributed by atoms with Crippen LogP contribution in [0.5, 0.6) is 5.75 Å². The summed E-state index contributed by atoms with van der Waals surface area (Å²) < 4.78 is 18.0. The number of carbonyl (C=O) groups is 1. The van der Waals surface area contributed by atoms with Crippen LogP contribution in [-0.4, -0.2) is 16.1 Å². The molecule has 0 bridgehead atoms. The van der Waals surface area contributed by atoms with Crippen molar-refractivity contribution in [2.24, 2.45) is 0 Å². The molecule has 0 radical (unpaired) electrons. The second-order valence-electron chi connectivity index (χ2n) is 3.59. The summed E-state index contributed by atoms with van der Waals surface area (Å²) in [5.74, 6) is -0.819. The minimum absolute atomic E-state index is 0.125. The van der Waals surface area contributed by atoms with E-state index in [0.717, 1.165) is 0 Å². The Balaban J connectivity index is 1.97. The average molecular weight is 247 g/mol. The third kappa shape index (κ3) is 3.04. The van der Waals surface area contributed by atoms with Crippen molar-refractivity contribution in [2.75, 3.05) is 0 Å². The molecular weight excluding hydrogens is 237 g/mol. The zero-order valence-electron chi connectivity index (χ0n) is 9.34. The minimum atomic E-state index is -1.02. The molecule has 1 aromatic carbocycles. The van der Waals surface area contributed by atoms with E-state index >= 15 is 0 Å². The molecule has 2 aromatic rings. The van der Waals surface area contributed by atoms with Gasteiger partial charge in [-0.15, -0.1) is 0 Å². The summed E-state index contributed by atoms with van der Waals surface area (Å²) in [4.78, 5) is 14.6. The number of aromatic nitrogens is 1. The predicted octanol–water partition coefficient (Wildman–Crippen LogP) is 2.50. The van der Waals surface area contributed by atoms with Gasteiger partial charge in [0.15, 0.2) is 0 Å². The number of nitrogens with zero attached hydrogens (tertiary/aromatic N) is 1. The maximum atomic E-state index is 12.6. The highest BCUT2D eigenvalue weighted by Crippen LogP contribution is 2.12. The maximum absolute atomic E-state index is 12.6. The number of hydrogen-bond donors (Lipinski definition) is 1. The van der Waals surface area contributed by atoms with E-state index in [9.17, 15) is 9.18 Å². The Morgan fingerprint density at radius 3 is 2.50 bits per heavy atom. The summed E-state index contributed by atoms with van der Waals surface area (Å²) in [7, 11) is 0. The summed E-state index contributed by atoms with van der Waals surface area (Å²) in [5.41, 5.74) is 0.727. The van der Waals surface area contributed by atoms with Gasteiger partial charge in [0.2, 0.25) is 0 Å². The van der Waals surface area contributed by atoms with Crippen LogP contribution in [0.15, 0.2) is 42.6 Å². The van der Waals surface area contributed by atoms with Crippen LogP contribution in [-0.2, 0) is 6.61 Å². The summed E-state index contributed by atoms with van der Waals surface area (Å²) in [5, 5.41) is 8.70. The lowest BCUT2D eigenvalue weighted by Gasteiger charge is -2.05. The van der Waals surface area contributed by atoms with Crippen LogP contribution in [0.3, 0.4) is 0 Å². The van der Waals surface area contributed by atoms with Gasteiger partial charge in [-0.25, -0.2) is 9.18 Å². The standard InChI is InChI=1S/C13H10FNO3/c14-10-2-5-12(6-3-10)18-8-11-4-1-9(7-15-11)13(16)17/h1-7H,8H2,(H,16,17). The van der Waals surface area contributed by atoms with Crippen LogP contribution < -0.4 is 4.74 Å². The van der Waals surface area contributed by atoms with Crippen molar-refractivity contribution in [1.82, 2.24) is 4.98 Å². The molecule has 2 rings (SSSR count). The number of pyridine rings is 1. The number of halogens is 1. The maximum Gasteiger partial charge on any atom is 0.337 e. The molecular formula is C13H10FNO3. The molecule has 4 nitrogen and oxygen atoms in total. The van der Waals surface area contributed by atoms with Gasteiger partial charge < -0.3 is 9.84 Å². The van der Waals surface area contributed by atoms with Crippen molar-refractivity contribution >= 4 is 5.97 Å². The van der Waals surface area contributed by atoms with Crippen molar-refractivity contribution < 1.29 is 19.0 Å². The van der Waals surface area contributed by atoms with E-state index in [0.29, 0.717) is 11.4 Å². The molecule has 0 saturated carbocycles. The normalized spacial score (nSPS) is 10.1. The Hall–Kier alpha value is -2.43. The van der Waals surface area contributed by atoms with Crippen LogP contribution in [0, 0.1) is 5.82 Å². The van der Waals surface area contributed by atoms with Gasteiger partial charge in [0.05, 0.1) is 11.3 Å². The lowest BCUT2D eigenvalue weighted by Crippen LogP contribution is -2.01. The average Bonchev–Trinajstić information content (AvgIpc) is 2.38. The molecule has 0 aliphatic heterocycles. The Morgan fingerprint density at radius 2 is 1.94 bits per heavy atom. The summed E-state index contributed by atoms with van der Waals surface area (Å²) in [6.07, 6.45) is 1.27. The smallest absolute Gasteiger partial charge is 0.337 e. The number of rotatable bonds is 4. The first-order chi connectivity index (χ1) is 8.65. The molecule has 0 saturated heterocycles. The van der Waals surface area contributed by atoms with Gasteiger partial charge >= 0.3 is 5.97 Å². The Kier molecular flexibility index (Phi) is 3.52. The van der Waals surface area contributed by atoms with Crippen molar-refractivity contribution in [3.8, 4) is 5.75 Å². The van der Waals surface area contributed by atoms with Gasteiger partial charge in [0, 0.05) is 6.20 Å². The first kappa shape index (κ1) is 12.0. The third-order valence-corrected chi connectivity index (χ3v) is 2.27. The molecule has 18 heavy (non-hydrogen) atoms. The largest absolute Gasteiger partial charge is 0.487 e. The topological polar surface area (TPSA) is 59.4 Å². The fourth-order valence-electron chi connectivity index (χ4n) is 1.32. The number of aromatic carboxylic acids is 1. The van der Waals surface area contributed by atoms with Crippen LogP contribution in [0.1, 0.15) is 16.1 Å². The van der Waals surface area contributed by atoms with Gasteiger partial charge in [-0.2, -0.15) is 0 Å². The third-order valence-electron chi connectivity index (χ3n) is 2.27. The number of hydrogen-bond acceptors (Lipinski definition) is 3. The number of carboxylic acid groups (broad SMARTS) is 1. The monoisotopic (exact) mass is 247 g/mol. The van der Waals surface area contributed by atoms with Crippen LogP contribution in [0.25, 0.3) is 0 Å². The first-order valence-corrected chi connectivity index (χ1v) is 5.22. The number of carboxylic acids is 1. The lowest BCUT2D eigenvalue weighted by molar-refractivity contribution is 0.0696. The lowest BCUT2D eigenvalue weighted by atomic mass is 10.2. The molecule has 0 amide bonds. The van der Waals surface area contributed by atoms with Crippen molar-refractivity contribution in [3.63, 3.8) is 0 Å². The molecule has 5 heteroatoms. The summed E-state index contributed by atoms with van der Waals surface area (Å²) >= 11 is 0. The highest BCUT2D eigenvalue weighted by atomic mass is 19.1. The number of ether oxygens (including phenoxy) is 1. The van der Waals surface area contributed by atoms with E-state index in [4.69, 9.17) is 9.84 Å². The summed E-state index contributed by atoms with van der Waals surface area (Å²) in [6.45, 7) is 0.200. The fraction of sp³-hybridized carbons (Fsp3) is 0.0769. The van der Waals surface area contributed by atoms with E-state index in [1.807, 2.05) is 0 Å². The van der Waals surface area contributed by atoms with Crippen molar-refractivity contribution in [1.29, 1.82) is 0 Å². The Morgan fingerprint density at radius 1 is 1.22 bits per heavy atom. The molecule has 0 fully saturated rings. The molecule has 0 atom stereocenters. The summed E-state index contributed by atoms with van der Waals surface area (Å²) in [6, 6.07) is 8.67. The van der Waals surface area contributed by atoms with Gasteiger partial charge in [0.25, 0.3) is 0 Å². The van der Waals surface area contributed by atoms with E-state index in [-0.39, 0.29) is 18.0 Å². The molecule has 1 heterocycles. The fourth-order valence-corrected chi connectivity index (χ4v) is 1.32. The highest BCUT2D eigenvalue weighted by molar-refractivity contribution is 5.87. The second-order valence-corrected chi connectivity index (χ2v) is 3.59. The Labute approximate surface area is 103 Å². The minimum Gasteiger partial charge on any atom is -0.487 e. The SMILES string of the molecule is O=C(O)c1ccc(COc2ccc(F)cc2)nc1. The van der Waals surface area contributed by atoms with Crippen LogP contribution in [0.2, 0.25) is 0 Å².